The zero-order chi connectivity index (χ0) is 17.3. The van der Waals surface area contributed by atoms with Crippen LogP contribution in [0.4, 0.5) is 0 Å². The van der Waals surface area contributed by atoms with Gasteiger partial charge in [-0.15, -0.1) is 10.2 Å². The van der Waals surface area contributed by atoms with Crippen molar-refractivity contribution in [3.05, 3.63) is 40.4 Å². The summed E-state index contributed by atoms with van der Waals surface area (Å²) in [6, 6.07) is 5.61. The highest BCUT2D eigenvalue weighted by Gasteiger charge is 2.26. The molecule has 0 unspecified atom stereocenters. The number of rotatable bonds is 5. The van der Waals surface area contributed by atoms with E-state index in [4.69, 9.17) is 16.3 Å². The normalized spacial score (nSPS) is 14.2. The van der Waals surface area contributed by atoms with E-state index in [1.807, 2.05) is 23.7 Å². The molecule has 128 valence electrons. The van der Waals surface area contributed by atoms with Gasteiger partial charge in [-0.05, 0) is 19.2 Å². The van der Waals surface area contributed by atoms with Gasteiger partial charge in [0.2, 0.25) is 5.82 Å². The molecule has 1 aliphatic rings. The van der Waals surface area contributed by atoms with E-state index < -0.39 is 0 Å². The van der Waals surface area contributed by atoms with Crippen LogP contribution in [0, 0.1) is 0 Å². The van der Waals surface area contributed by atoms with Gasteiger partial charge in [0.25, 0.3) is 5.91 Å². The minimum Gasteiger partial charge on any atom is -0.496 e. The summed E-state index contributed by atoms with van der Waals surface area (Å²) in [4.78, 5) is 15.8. The van der Waals surface area contributed by atoms with Gasteiger partial charge in [-0.2, -0.15) is 0 Å². The van der Waals surface area contributed by atoms with Crippen molar-refractivity contribution in [1.82, 2.24) is 24.6 Å². The van der Waals surface area contributed by atoms with Crippen LogP contribution in [0.2, 0.25) is 5.02 Å². The number of nitrogens with zero attached hydrogens (tertiary/aromatic N) is 5. The van der Waals surface area contributed by atoms with Crippen molar-refractivity contribution in [2.45, 2.75) is 19.6 Å². The smallest absolute Gasteiger partial charge is 0.291 e. The third-order valence-electron chi connectivity index (χ3n) is 4.13. The molecule has 0 saturated heterocycles. The van der Waals surface area contributed by atoms with Crippen LogP contribution in [0.15, 0.2) is 18.2 Å². The van der Waals surface area contributed by atoms with Crippen molar-refractivity contribution in [3.63, 3.8) is 0 Å². The maximum Gasteiger partial charge on any atom is 0.291 e. The third kappa shape index (κ3) is 3.22. The second kappa shape index (κ2) is 6.78. The number of hydrogen-bond donors (Lipinski definition) is 0. The second-order valence-corrected chi connectivity index (χ2v) is 6.38. The highest BCUT2D eigenvalue weighted by atomic mass is 35.5. The molecule has 1 aromatic heterocycles. The Hall–Kier alpha value is -2.12. The number of benzene rings is 1. The first-order valence-corrected chi connectivity index (χ1v) is 8.06. The molecular weight excluding hydrogens is 330 g/mol. The number of ether oxygens (including phenoxy) is 1. The predicted molar refractivity (Wildman–Crippen MR) is 90.2 cm³/mol. The van der Waals surface area contributed by atoms with Crippen molar-refractivity contribution < 1.29 is 9.53 Å². The van der Waals surface area contributed by atoms with E-state index >= 15 is 0 Å². The fourth-order valence-electron chi connectivity index (χ4n) is 2.80. The number of carbonyl (C=O) groups excluding carboxylic acids is 1. The molecule has 0 radical (unpaired) electrons. The summed E-state index contributed by atoms with van der Waals surface area (Å²) in [5, 5.41) is 8.88. The third-order valence-corrected chi connectivity index (χ3v) is 4.36. The number of fused-ring (bicyclic) bond motifs is 1. The van der Waals surface area contributed by atoms with Gasteiger partial charge in [0.1, 0.15) is 11.6 Å². The molecule has 1 aromatic carbocycles. The monoisotopic (exact) mass is 349 g/mol. The van der Waals surface area contributed by atoms with Crippen LogP contribution >= 0.6 is 11.6 Å². The first kappa shape index (κ1) is 16.7. The van der Waals surface area contributed by atoms with Crippen molar-refractivity contribution in [1.29, 1.82) is 0 Å². The van der Waals surface area contributed by atoms with Gasteiger partial charge in [0, 0.05) is 37.3 Å². The molecule has 1 aliphatic heterocycles. The number of methoxy groups -OCH3 is 1. The lowest BCUT2D eigenvalue weighted by molar-refractivity contribution is 0.0739. The zero-order valence-corrected chi connectivity index (χ0v) is 14.7. The Morgan fingerprint density at radius 2 is 2.08 bits per heavy atom. The second-order valence-electron chi connectivity index (χ2n) is 5.95. The van der Waals surface area contributed by atoms with Gasteiger partial charge < -0.3 is 14.2 Å². The Balaban J connectivity index is 1.74. The van der Waals surface area contributed by atoms with Crippen LogP contribution in [-0.4, -0.2) is 58.2 Å². The highest BCUT2D eigenvalue weighted by molar-refractivity contribution is 6.30. The van der Waals surface area contributed by atoms with E-state index in [2.05, 4.69) is 15.1 Å². The van der Waals surface area contributed by atoms with E-state index in [0.29, 0.717) is 30.5 Å². The molecule has 0 spiro atoms. The summed E-state index contributed by atoms with van der Waals surface area (Å²) in [7, 11) is 5.40. The summed E-state index contributed by atoms with van der Waals surface area (Å²) < 4.78 is 7.28. The summed E-state index contributed by atoms with van der Waals surface area (Å²) in [5.74, 6) is 1.88. The van der Waals surface area contributed by atoms with E-state index in [1.165, 1.54) is 0 Å². The molecule has 0 atom stereocenters. The fraction of sp³-hybridized carbons (Fsp3) is 0.438. The summed E-state index contributed by atoms with van der Waals surface area (Å²) in [6.45, 7) is 2.66. The molecule has 0 N–H and O–H groups in total. The Morgan fingerprint density at radius 3 is 2.83 bits per heavy atom. The lowest BCUT2D eigenvalue weighted by Crippen LogP contribution is -2.38. The molecule has 2 aromatic rings. The van der Waals surface area contributed by atoms with Crippen LogP contribution in [0.5, 0.6) is 5.75 Å². The topological polar surface area (TPSA) is 63.5 Å². The zero-order valence-electron chi connectivity index (χ0n) is 14.0. The molecule has 0 bridgehead atoms. The molecule has 7 nitrogen and oxygen atoms in total. The largest absolute Gasteiger partial charge is 0.496 e. The molecule has 24 heavy (non-hydrogen) atoms. The summed E-state index contributed by atoms with van der Waals surface area (Å²) >= 11 is 6.00. The van der Waals surface area contributed by atoms with Crippen molar-refractivity contribution in [2.24, 2.45) is 0 Å². The molecule has 8 heteroatoms. The number of halogens is 1. The van der Waals surface area contributed by atoms with E-state index in [-0.39, 0.29) is 5.91 Å². The Labute approximate surface area is 145 Å². The SMILES string of the molecule is COc1cc(Cl)ccc1CN(C)Cc1nnc2n1CCN(C)C2=O. The van der Waals surface area contributed by atoms with Gasteiger partial charge in [0.05, 0.1) is 13.7 Å². The van der Waals surface area contributed by atoms with E-state index in [1.54, 1.807) is 25.1 Å². The Kier molecular flexibility index (Phi) is 4.73. The minimum absolute atomic E-state index is 0.0815. The van der Waals surface area contributed by atoms with Crippen LogP contribution in [0.3, 0.4) is 0 Å². The number of aromatic nitrogens is 3. The van der Waals surface area contributed by atoms with Crippen LogP contribution in [-0.2, 0) is 19.6 Å². The van der Waals surface area contributed by atoms with E-state index in [9.17, 15) is 4.79 Å². The number of amides is 1. The fourth-order valence-corrected chi connectivity index (χ4v) is 2.97. The Morgan fingerprint density at radius 1 is 1.29 bits per heavy atom. The van der Waals surface area contributed by atoms with Gasteiger partial charge in [-0.25, -0.2) is 0 Å². The molecule has 0 saturated carbocycles. The minimum atomic E-state index is -0.0815. The highest BCUT2D eigenvalue weighted by Crippen LogP contribution is 2.24. The summed E-state index contributed by atoms with van der Waals surface area (Å²) in [6.07, 6.45) is 0. The van der Waals surface area contributed by atoms with Crippen molar-refractivity contribution in [2.75, 3.05) is 27.7 Å². The van der Waals surface area contributed by atoms with Crippen LogP contribution < -0.4 is 4.74 Å². The molecule has 2 heterocycles. The lowest BCUT2D eigenvalue weighted by Gasteiger charge is -2.24. The molecule has 0 aliphatic carbocycles. The summed E-state index contributed by atoms with van der Waals surface area (Å²) in [5.41, 5.74) is 1.04. The predicted octanol–water partition coefficient (Wildman–Crippen LogP) is 1.66. The molecular formula is C16H20ClN5O2. The van der Waals surface area contributed by atoms with Crippen molar-refractivity contribution in [3.8, 4) is 5.75 Å². The lowest BCUT2D eigenvalue weighted by atomic mass is 10.2. The average molecular weight is 350 g/mol. The number of carbonyl (C=O) groups is 1. The maximum absolute atomic E-state index is 12.1. The number of hydrogen-bond acceptors (Lipinski definition) is 5. The van der Waals surface area contributed by atoms with Crippen LogP contribution in [0.25, 0.3) is 0 Å². The molecule has 1 amide bonds. The maximum atomic E-state index is 12.1. The quantitative estimate of drug-likeness (QED) is 0.821. The van der Waals surface area contributed by atoms with Gasteiger partial charge in [-0.3, -0.25) is 9.69 Å². The Bertz CT molecular complexity index is 761. The first-order chi connectivity index (χ1) is 11.5. The molecule has 0 fully saturated rings. The van der Waals surface area contributed by atoms with Crippen molar-refractivity contribution >= 4 is 17.5 Å². The van der Waals surface area contributed by atoms with Gasteiger partial charge in [-0.1, -0.05) is 17.7 Å². The van der Waals surface area contributed by atoms with Gasteiger partial charge in [0.15, 0.2) is 0 Å². The standard InChI is InChI=1S/C16H20ClN5O2/c1-20(9-11-4-5-12(17)8-13(11)24-3)10-14-18-19-15-16(23)21(2)6-7-22(14)15/h4-5,8H,6-7,9-10H2,1-3H3. The van der Waals surface area contributed by atoms with Gasteiger partial charge >= 0.3 is 0 Å². The molecule has 3 rings (SSSR count). The average Bonchev–Trinajstić information content (AvgIpc) is 2.96. The van der Waals surface area contributed by atoms with E-state index in [0.717, 1.165) is 23.7 Å². The first-order valence-electron chi connectivity index (χ1n) is 7.68. The number of likely N-dealkylation sites (N-methyl/N-ethyl adjacent to an activating group) is 1. The van der Waals surface area contributed by atoms with Crippen LogP contribution in [0.1, 0.15) is 22.0 Å².